The molecular formula is C9H12OS. The first-order chi connectivity index (χ1) is 5.18. The third-order valence-electron chi connectivity index (χ3n) is 1.52. The summed E-state index contributed by atoms with van der Waals surface area (Å²) in [6.07, 6.45) is 1.59. The highest BCUT2D eigenvalue weighted by molar-refractivity contribution is 7.11. The Morgan fingerprint density at radius 2 is 2.27 bits per heavy atom. The molecule has 11 heavy (non-hydrogen) atoms. The number of hydrogen-bond donors (Lipinski definition) is 0. The van der Waals surface area contributed by atoms with Gasteiger partial charge < -0.3 is 4.79 Å². The molecule has 60 valence electrons. The van der Waals surface area contributed by atoms with E-state index < -0.39 is 0 Å². The third kappa shape index (κ3) is 2.85. The van der Waals surface area contributed by atoms with Crippen LogP contribution < -0.4 is 0 Å². The Bertz CT molecular complexity index is 250. The zero-order valence-corrected chi connectivity index (χ0v) is 7.70. The highest BCUT2D eigenvalue weighted by Gasteiger charge is 1.98. The van der Waals surface area contributed by atoms with Crippen LogP contribution in [0.5, 0.6) is 0 Å². The van der Waals surface area contributed by atoms with Gasteiger partial charge in [0, 0.05) is 16.2 Å². The predicted octanol–water partition coefficient (Wildman–Crippen LogP) is 2.58. The van der Waals surface area contributed by atoms with Gasteiger partial charge in [-0.3, -0.25) is 0 Å². The summed E-state index contributed by atoms with van der Waals surface area (Å²) in [7, 11) is 0. The third-order valence-corrected chi connectivity index (χ3v) is 2.58. The molecule has 0 N–H and O–H groups in total. The van der Waals surface area contributed by atoms with Crippen molar-refractivity contribution in [3.63, 3.8) is 0 Å². The van der Waals surface area contributed by atoms with Crippen molar-refractivity contribution in [3.8, 4) is 0 Å². The first-order valence-corrected chi connectivity index (χ1v) is 4.55. The second-order valence-electron chi connectivity index (χ2n) is 2.71. The molecule has 1 aromatic rings. The lowest BCUT2D eigenvalue weighted by atomic mass is 10.2. The lowest BCUT2D eigenvalue weighted by Crippen LogP contribution is -1.91. The maximum atomic E-state index is 10.6. The zero-order valence-electron chi connectivity index (χ0n) is 6.89. The van der Waals surface area contributed by atoms with Crippen LogP contribution in [0.3, 0.4) is 0 Å². The van der Waals surface area contributed by atoms with Gasteiger partial charge in [0.05, 0.1) is 0 Å². The standard InChI is InChI=1S/C9H12OS/c1-7(10)3-5-9-6-4-8(2)11-9/h4,6H,3,5H2,1-2H3. The van der Waals surface area contributed by atoms with E-state index in [2.05, 4.69) is 19.1 Å². The van der Waals surface area contributed by atoms with Gasteiger partial charge in [0.1, 0.15) is 5.78 Å². The van der Waals surface area contributed by atoms with Gasteiger partial charge in [0.15, 0.2) is 0 Å². The van der Waals surface area contributed by atoms with E-state index in [1.807, 2.05) is 0 Å². The number of aryl methyl sites for hydroxylation is 2. The van der Waals surface area contributed by atoms with E-state index >= 15 is 0 Å². The Balaban J connectivity index is 2.45. The van der Waals surface area contributed by atoms with Gasteiger partial charge in [0.2, 0.25) is 0 Å². The summed E-state index contributed by atoms with van der Waals surface area (Å²) in [6.45, 7) is 3.72. The van der Waals surface area contributed by atoms with Crippen molar-refractivity contribution in [1.29, 1.82) is 0 Å². The first-order valence-electron chi connectivity index (χ1n) is 3.73. The van der Waals surface area contributed by atoms with Crippen LogP contribution in [0, 0.1) is 6.92 Å². The molecule has 0 saturated carbocycles. The summed E-state index contributed by atoms with van der Waals surface area (Å²) in [5.41, 5.74) is 0. The molecule has 0 aliphatic heterocycles. The van der Waals surface area contributed by atoms with Gasteiger partial charge in [0.25, 0.3) is 0 Å². The average Bonchev–Trinajstić information content (AvgIpc) is 2.31. The molecule has 1 rings (SSSR count). The van der Waals surface area contributed by atoms with Crippen LogP contribution in [0.2, 0.25) is 0 Å². The molecule has 0 aromatic carbocycles. The maximum absolute atomic E-state index is 10.6. The highest BCUT2D eigenvalue weighted by atomic mass is 32.1. The Morgan fingerprint density at radius 3 is 2.73 bits per heavy atom. The molecule has 0 saturated heterocycles. The van der Waals surface area contributed by atoms with E-state index in [1.54, 1.807) is 18.3 Å². The monoisotopic (exact) mass is 168 g/mol. The molecule has 1 nitrogen and oxygen atoms in total. The van der Waals surface area contributed by atoms with Crippen LogP contribution in [0.4, 0.5) is 0 Å². The second kappa shape index (κ2) is 3.67. The lowest BCUT2D eigenvalue weighted by molar-refractivity contribution is -0.116. The summed E-state index contributed by atoms with van der Waals surface area (Å²) >= 11 is 1.78. The smallest absolute Gasteiger partial charge is 0.130 e. The van der Waals surface area contributed by atoms with Crippen molar-refractivity contribution in [3.05, 3.63) is 21.9 Å². The number of hydrogen-bond acceptors (Lipinski definition) is 2. The van der Waals surface area contributed by atoms with Crippen molar-refractivity contribution >= 4 is 17.1 Å². The molecule has 0 aliphatic carbocycles. The quantitative estimate of drug-likeness (QED) is 0.678. The van der Waals surface area contributed by atoms with Crippen LogP contribution >= 0.6 is 11.3 Å². The summed E-state index contributed by atoms with van der Waals surface area (Å²) in [5, 5.41) is 0. The molecule has 0 radical (unpaired) electrons. The molecule has 0 aliphatic rings. The molecule has 0 bridgehead atoms. The van der Waals surface area contributed by atoms with Crippen LogP contribution in [-0.4, -0.2) is 5.78 Å². The van der Waals surface area contributed by atoms with Crippen LogP contribution in [-0.2, 0) is 11.2 Å². The fourth-order valence-corrected chi connectivity index (χ4v) is 1.81. The van der Waals surface area contributed by atoms with Crippen molar-refractivity contribution < 1.29 is 4.79 Å². The summed E-state index contributed by atoms with van der Waals surface area (Å²) < 4.78 is 0. The van der Waals surface area contributed by atoms with Crippen LogP contribution in [0.15, 0.2) is 12.1 Å². The summed E-state index contributed by atoms with van der Waals surface area (Å²) in [6, 6.07) is 4.20. The van der Waals surface area contributed by atoms with E-state index in [-0.39, 0.29) is 5.78 Å². The number of ketones is 1. The summed E-state index contributed by atoms with van der Waals surface area (Å²) in [5.74, 6) is 0.274. The van der Waals surface area contributed by atoms with E-state index in [9.17, 15) is 4.79 Å². The number of carbonyl (C=O) groups is 1. The van der Waals surface area contributed by atoms with Gasteiger partial charge in [-0.2, -0.15) is 0 Å². The minimum absolute atomic E-state index is 0.274. The van der Waals surface area contributed by atoms with E-state index in [0.29, 0.717) is 6.42 Å². The van der Waals surface area contributed by atoms with Gasteiger partial charge in [-0.05, 0) is 32.4 Å². The average molecular weight is 168 g/mol. The van der Waals surface area contributed by atoms with Gasteiger partial charge in [-0.15, -0.1) is 11.3 Å². The predicted molar refractivity (Wildman–Crippen MR) is 48.1 cm³/mol. The maximum Gasteiger partial charge on any atom is 0.130 e. The normalized spacial score (nSPS) is 10.0. The molecule has 0 amide bonds. The topological polar surface area (TPSA) is 17.1 Å². The molecule has 0 spiro atoms. The van der Waals surface area contributed by atoms with E-state index in [1.165, 1.54) is 9.75 Å². The molecule has 0 unspecified atom stereocenters. The number of carbonyl (C=O) groups excluding carboxylic acids is 1. The van der Waals surface area contributed by atoms with Gasteiger partial charge in [-0.1, -0.05) is 0 Å². The Kier molecular flexibility index (Phi) is 2.83. The minimum atomic E-state index is 0.274. The van der Waals surface area contributed by atoms with Crippen LogP contribution in [0.1, 0.15) is 23.1 Å². The zero-order chi connectivity index (χ0) is 8.27. The highest BCUT2D eigenvalue weighted by Crippen LogP contribution is 2.16. The Labute approximate surface area is 71.1 Å². The van der Waals surface area contributed by atoms with E-state index in [0.717, 1.165) is 6.42 Å². The molecule has 0 fully saturated rings. The van der Waals surface area contributed by atoms with Gasteiger partial charge in [-0.25, -0.2) is 0 Å². The molecular weight excluding hydrogens is 156 g/mol. The number of Topliss-reactive ketones (excluding diaryl/α,β-unsaturated/α-hetero) is 1. The van der Waals surface area contributed by atoms with Crippen molar-refractivity contribution in [2.75, 3.05) is 0 Å². The lowest BCUT2D eigenvalue weighted by Gasteiger charge is -1.91. The van der Waals surface area contributed by atoms with Gasteiger partial charge >= 0.3 is 0 Å². The first kappa shape index (κ1) is 8.47. The second-order valence-corrected chi connectivity index (χ2v) is 4.09. The van der Waals surface area contributed by atoms with Crippen molar-refractivity contribution in [2.24, 2.45) is 0 Å². The largest absolute Gasteiger partial charge is 0.300 e. The molecule has 1 heterocycles. The molecule has 1 aromatic heterocycles. The number of thiophene rings is 1. The van der Waals surface area contributed by atoms with Crippen molar-refractivity contribution in [1.82, 2.24) is 0 Å². The van der Waals surface area contributed by atoms with Crippen LogP contribution in [0.25, 0.3) is 0 Å². The summed E-state index contributed by atoms with van der Waals surface area (Å²) in [4.78, 5) is 13.3. The fourth-order valence-electron chi connectivity index (χ4n) is 0.919. The number of rotatable bonds is 3. The molecule has 0 atom stereocenters. The fraction of sp³-hybridized carbons (Fsp3) is 0.444. The van der Waals surface area contributed by atoms with Crippen molar-refractivity contribution in [2.45, 2.75) is 26.7 Å². The minimum Gasteiger partial charge on any atom is -0.300 e. The van der Waals surface area contributed by atoms with E-state index in [4.69, 9.17) is 0 Å². The SMILES string of the molecule is CC(=O)CCc1ccc(C)s1. The molecule has 2 heteroatoms. The Hall–Kier alpha value is -0.630. The Morgan fingerprint density at radius 1 is 1.55 bits per heavy atom.